The van der Waals surface area contributed by atoms with E-state index in [9.17, 15) is 5.41 Å². The lowest BCUT2D eigenvalue weighted by atomic mass is 9.80. The Kier molecular flexibility index (Phi) is 9.38. The van der Waals surface area contributed by atoms with E-state index in [2.05, 4.69) is 83.7 Å². The SMILES string of the molecule is N=C1c2c(c(-c3ccccc3)nc3ccc(-c4ccc(-c5nc(-c6ccccc6)nc(-c6ccccc6)n5)cc4)cc23)C=C(c2ccccc2)C1NNc1ccccc1. The summed E-state index contributed by atoms with van der Waals surface area (Å²) in [6.07, 6.45) is 2.21. The third-order valence-corrected chi connectivity index (χ3v) is 10.7. The second-order valence-electron chi connectivity index (χ2n) is 14.4. The van der Waals surface area contributed by atoms with E-state index in [-0.39, 0.29) is 0 Å². The topological polar surface area (TPSA) is 99.5 Å². The van der Waals surface area contributed by atoms with Crippen LogP contribution in [-0.2, 0) is 0 Å². The number of para-hydroxylation sites is 1. The van der Waals surface area contributed by atoms with E-state index in [1.54, 1.807) is 0 Å². The molecule has 7 heteroatoms. The van der Waals surface area contributed by atoms with Crippen molar-refractivity contribution in [3.63, 3.8) is 0 Å². The number of aromatic nitrogens is 4. The standard InChI is InChI=1S/C52H37N7/c53-47-46-43-32-40(34-26-28-39(29-27-34)52-56-50(37-20-10-3-11-21-37)55-51(57-52)38-22-12-4-13-23-38)30-31-45(43)54-48(36-18-8-2-9-19-36)44(46)33-42(35-16-6-1-7-17-35)49(47)59-58-41-24-14-5-15-25-41/h1-33,49,53,58-59H. The Morgan fingerprint density at radius 3 is 1.44 bits per heavy atom. The number of hydrogen-bond donors (Lipinski definition) is 3. The molecule has 0 spiro atoms. The van der Waals surface area contributed by atoms with E-state index in [1.165, 1.54) is 0 Å². The molecule has 0 radical (unpaired) electrons. The number of hydrogen-bond acceptors (Lipinski definition) is 7. The minimum atomic E-state index is -0.454. The Labute approximate surface area is 342 Å². The van der Waals surface area contributed by atoms with E-state index in [4.69, 9.17) is 19.9 Å². The molecule has 3 N–H and O–H groups in total. The molecule has 9 aromatic rings. The van der Waals surface area contributed by atoms with Gasteiger partial charge in [-0.15, -0.1) is 0 Å². The number of benzene rings is 7. The van der Waals surface area contributed by atoms with Crippen LogP contribution in [-0.4, -0.2) is 31.7 Å². The Hall–Kier alpha value is -7.87. The van der Waals surface area contributed by atoms with E-state index < -0.39 is 6.04 Å². The van der Waals surface area contributed by atoms with Gasteiger partial charge in [-0.2, -0.15) is 0 Å². The molecule has 0 amide bonds. The van der Waals surface area contributed by atoms with Crippen molar-refractivity contribution in [1.82, 2.24) is 25.4 Å². The summed E-state index contributed by atoms with van der Waals surface area (Å²) < 4.78 is 0. The molecule has 1 aliphatic carbocycles. The molecule has 59 heavy (non-hydrogen) atoms. The monoisotopic (exact) mass is 759 g/mol. The fraction of sp³-hybridized carbons (Fsp3) is 0.0192. The van der Waals surface area contributed by atoms with Gasteiger partial charge in [0.15, 0.2) is 17.5 Å². The number of nitrogens with zero attached hydrogens (tertiary/aromatic N) is 4. The third-order valence-electron chi connectivity index (χ3n) is 10.7. The fourth-order valence-electron chi connectivity index (χ4n) is 7.70. The second-order valence-corrected chi connectivity index (χ2v) is 14.4. The number of pyridine rings is 1. The highest BCUT2D eigenvalue weighted by molar-refractivity contribution is 6.24. The highest BCUT2D eigenvalue weighted by Gasteiger charge is 2.32. The van der Waals surface area contributed by atoms with Crippen LogP contribution in [0, 0.1) is 5.41 Å². The average Bonchev–Trinajstić information content (AvgIpc) is 3.32. The molecule has 0 bridgehead atoms. The van der Waals surface area contributed by atoms with Gasteiger partial charge in [0.2, 0.25) is 0 Å². The van der Waals surface area contributed by atoms with Gasteiger partial charge >= 0.3 is 0 Å². The quantitative estimate of drug-likeness (QED) is 0.127. The van der Waals surface area contributed by atoms with Crippen molar-refractivity contribution in [2.45, 2.75) is 6.04 Å². The summed E-state index contributed by atoms with van der Waals surface area (Å²) in [6, 6.07) is 64.8. The van der Waals surface area contributed by atoms with Gasteiger partial charge in [0.1, 0.15) is 0 Å². The molecule has 7 nitrogen and oxygen atoms in total. The van der Waals surface area contributed by atoms with Crippen molar-refractivity contribution in [2.24, 2.45) is 0 Å². The maximum Gasteiger partial charge on any atom is 0.164 e. The first kappa shape index (κ1) is 35.5. The summed E-state index contributed by atoms with van der Waals surface area (Å²) in [5.74, 6) is 1.85. The summed E-state index contributed by atoms with van der Waals surface area (Å²) in [5.41, 5.74) is 19.5. The molecule has 7 aromatic carbocycles. The van der Waals surface area contributed by atoms with Crippen LogP contribution in [0.1, 0.15) is 16.7 Å². The van der Waals surface area contributed by atoms with Crippen molar-refractivity contribution >= 4 is 34.0 Å². The number of rotatable bonds is 9. The van der Waals surface area contributed by atoms with E-state index in [1.807, 2.05) is 127 Å². The van der Waals surface area contributed by atoms with Crippen LogP contribution in [0.3, 0.4) is 0 Å². The number of anilines is 1. The van der Waals surface area contributed by atoms with Crippen LogP contribution in [0.25, 0.3) is 79.1 Å². The van der Waals surface area contributed by atoms with Gasteiger partial charge in [0.05, 0.1) is 23.0 Å². The van der Waals surface area contributed by atoms with E-state index in [0.717, 1.165) is 77.9 Å². The van der Waals surface area contributed by atoms with Crippen LogP contribution in [0.2, 0.25) is 0 Å². The summed E-state index contributed by atoms with van der Waals surface area (Å²) in [5, 5.41) is 10.9. The minimum Gasteiger partial charge on any atom is -0.321 e. The van der Waals surface area contributed by atoms with Crippen LogP contribution >= 0.6 is 0 Å². The van der Waals surface area contributed by atoms with Gasteiger partial charge in [-0.3, -0.25) is 0 Å². The molecule has 1 unspecified atom stereocenters. The van der Waals surface area contributed by atoms with Crippen molar-refractivity contribution in [3.8, 4) is 56.5 Å². The van der Waals surface area contributed by atoms with Crippen LogP contribution in [0.4, 0.5) is 5.69 Å². The highest BCUT2D eigenvalue weighted by Crippen LogP contribution is 2.40. The van der Waals surface area contributed by atoms with Gasteiger partial charge in [-0.25, -0.2) is 25.4 Å². The predicted octanol–water partition coefficient (Wildman–Crippen LogP) is 11.7. The van der Waals surface area contributed by atoms with Crippen LogP contribution < -0.4 is 10.9 Å². The summed E-state index contributed by atoms with van der Waals surface area (Å²) >= 11 is 0. The Morgan fingerprint density at radius 2 is 0.881 bits per heavy atom. The van der Waals surface area contributed by atoms with Gasteiger partial charge in [0, 0.05) is 44.5 Å². The van der Waals surface area contributed by atoms with Crippen LogP contribution in [0.15, 0.2) is 194 Å². The zero-order valence-corrected chi connectivity index (χ0v) is 31.9. The van der Waals surface area contributed by atoms with Crippen molar-refractivity contribution < 1.29 is 0 Å². The first-order chi connectivity index (χ1) is 29.2. The zero-order valence-electron chi connectivity index (χ0n) is 31.9. The lowest BCUT2D eigenvalue weighted by Crippen LogP contribution is -2.43. The normalized spacial score (nSPS) is 13.5. The molecule has 1 atom stereocenters. The number of fused-ring (bicyclic) bond motifs is 3. The smallest absolute Gasteiger partial charge is 0.164 e. The van der Waals surface area contributed by atoms with Gasteiger partial charge in [-0.05, 0) is 52.6 Å². The molecule has 10 rings (SSSR count). The average molecular weight is 760 g/mol. The molecule has 0 saturated heterocycles. The maximum absolute atomic E-state index is 9.98. The van der Waals surface area contributed by atoms with Gasteiger partial charge in [-0.1, -0.05) is 170 Å². The molecule has 2 heterocycles. The molecule has 0 fully saturated rings. The highest BCUT2D eigenvalue weighted by atomic mass is 15.4. The zero-order chi connectivity index (χ0) is 39.5. The molecule has 1 aliphatic rings. The van der Waals surface area contributed by atoms with Crippen molar-refractivity contribution in [2.75, 3.05) is 5.43 Å². The molecular formula is C52H37N7. The molecule has 280 valence electrons. The Balaban J connectivity index is 1.08. The van der Waals surface area contributed by atoms with Gasteiger partial charge < -0.3 is 10.8 Å². The number of hydrazine groups is 1. The second kappa shape index (κ2) is 15.6. The van der Waals surface area contributed by atoms with Gasteiger partial charge in [0.25, 0.3) is 0 Å². The Bertz CT molecular complexity index is 2910. The van der Waals surface area contributed by atoms with Crippen molar-refractivity contribution in [1.29, 1.82) is 5.41 Å². The first-order valence-corrected chi connectivity index (χ1v) is 19.6. The van der Waals surface area contributed by atoms with E-state index >= 15 is 0 Å². The lowest BCUT2D eigenvalue weighted by molar-refractivity contribution is 0.816. The van der Waals surface area contributed by atoms with Crippen LogP contribution in [0.5, 0.6) is 0 Å². The fourth-order valence-corrected chi connectivity index (χ4v) is 7.70. The lowest BCUT2D eigenvalue weighted by Gasteiger charge is -2.31. The maximum atomic E-state index is 9.98. The molecule has 0 saturated carbocycles. The Morgan fingerprint density at radius 1 is 0.424 bits per heavy atom. The molecular weight excluding hydrogens is 723 g/mol. The summed E-state index contributed by atoms with van der Waals surface area (Å²) in [4.78, 5) is 20.0. The third kappa shape index (κ3) is 7.07. The summed E-state index contributed by atoms with van der Waals surface area (Å²) in [6.45, 7) is 0. The van der Waals surface area contributed by atoms with Crippen molar-refractivity contribution in [3.05, 3.63) is 211 Å². The molecule has 2 aromatic heterocycles. The first-order valence-electron chi connectivity index (χ1n) is 19.6. The number of nitrogens with one attached hydrogen (secondary N) is 3. The molecule has 0 aliphatic heterocycles. The largest absolute Gasteiger partial charge is 0.321 e. The minimum absolute atomic E-state index is 0.454. The summed E-state index contributed by atoms with van der Waals surface area (Å²) in [7, 11) is 0. The predicted molar refractivity (Wildman–Crippen MR) is 240 cm³/mol. The van der Waals surface area contributed by atoms with E-state index in [0.29, 0.717) is 23.2 Å².